The monoisotopic (exact) mass is 173 g/mol. The molecule has 0 fully saturated rings. The van der Waals surface area contributed by atoms with Crippen LogP contribution in [0.15, 0.2) is 17.5 Å². The summed E-state index contributed by atoms with van der Waals surface area (Å²) in [6.07, 6.45) is 0.255. The summed E-state index contributed by atoms with van der Waals surface area (Å²) in [5.74, 6) is -1.77. The summed E-state index contributed by atoms with van der Waals surface area (Å²) in [6, 6.07) is 3.64. The van der Waals surface area contributed by atoms with Gasteiger partial charge in [-0.15, -0.1) is 11.3 Å². The van der Waals surface area contributed by atoms with Crippen molar-refractivity contribution in [3.63, 3.8) is 0 Å². The molecule has 62 valence electrons. The van der Waals surface area contributed by atoms with Crippen molar-refractivity contribution < 1.29 is 10.2 Å². The summed E-state index contributed by atoms with van der Waals surface area (Å²) in [7, 11) is 0. The average molecular weight is 173 g/mol. The lowest BCUT2D eigenvalue weighted by atomic mass is 10.3. The van der Waals surface area contributed by atoms with Crippen molar-refractivity contribution in [3.05, 3.63) is 17.5 Å². The van der Waals surface area contributed by atoms with Crippen LogP contribution < -0.4 is 5.32 Å². The van der Waals surface area contributed by atoms with E-state index < -0.39 is 5.91 Å². The van der Waals surface area contributed by atoms with Crippen LogP contribution in [0.2, 0.25) is 0 Å². The molecular weight excluding hydrogens is 162 g/mol. The van der Waals surface area contributed by atoms with Crippen LogP contribution in [0.4, 0.5) is 5.00 Å². The normalized spacial score (nSPS) is 11.5. The van der Waals surface area contributed by atoms with Crippen LogP contribution in [-0.2, 0) is 0 Å². The van der Waals surface area contributed by atoms with E-state index in [4.69, 9.17) is 10.2 Å². The van der Waals surface area contributed by atoms with Crippen molar-refractivity contribution in [3.8, 4) is 0 Å². The standard InChI is InChI=1S/C7H11NO2S/c1-2-7(9,10)8-6-4-3-5-11-6/h3-5,8-10H,2H2,1H3. The predicted octanol–water partition coefficient (Wildman–Crippen LogP) is 1.21. The Hall–Kier alpha value is -0.580. The number of anilines is 1. The molecule has 0 aliphatic carbocycles. The van der Waals surface area contributed by atoms with Crippen LogP contribution in [0.1, 0.15) is 13.3 Å². The molecule has 1 aromatic rings. The fraction of sp³-hybridized carbons (Fsp3) is 0.429. The maximum Gasteiger partial charge on any atom is 0.244 e. The van der Waals surface area contributed by atoms with Gasteiger partial charge in [-0.05, 0) is 17.5 Å². The van der Waals surface area contributed by atoms with E-state index in [9.17, 15) is 0 Å². The molecule has 0 aliphatic rings. The highest BCUT2D eigenvalue weighted by Gasteiger charge is 2.19. The van der Waals surface area contributed by atoms with Crippen LogP contribution in [0.5, 0.6) is 0 Å². The van der Waals surface area contributed by atoms with E-state index in [1.807, 2.05) is 11.4 Å². The Kier molecular flexibility index (Phi) is 2.49. The van der Waals surface area contributed by atoms with Gasteiger partial charge in [-0.25, -0.2) is 0 Å². The summed E-state index contributed by atoms with van der Waals surface area (Å²) in [4.78, 5) is 0. The van der Waals surface area contributed by atoms with Crippen LogP contribution in [0, 0.1) is 0 Å². The van der Waals surface area contributed by atoms with Crippen LogP contribution in [0.3, 0.4) is 0 Å². The third-order valence-corrected chi connectivity index (χ3v) is 2.12. The van der Waals surface area contributed by atoms with Crippen LogP contribution in [-0.4, -0.2) is 16.1 Å². The van der Waals surface area contributed by atoms with Gasteiger partial charge in [-0.1, -0.05) is 6.92 Å². The Morgan fingerprint density at radius 1 is 1.64 bits per heavy atom. The van der Waals surface area contributed by atoms with E-state index in [2.05, 4.69) is 5.32 Å². The summed E-state index contributed by atoms with van der Waals surface area (Å²) in [5, 5.41) is 23.5. The van der Waals surface area contributed by atoms with E-state index in [0.29, 0.717) is 0 Å². The smallest absolute Gasteiger partial charge is 0.244 e. The first-order valence-corrected chi connectivity index (χ1v) is 4.28. The van der Waals surface area contributed by atoms with Crippen molar-refractivity contribution in [2.75, 3.05) is 5.32 Å². The molecule has 0 bridgehead atoms. The zero-order chi connectivity index (χ0) is 8.32. The number of rotatable bonds is 3. The van der Waals surface area contributed by atoms with E-state index in [1.54, 1.807) is 13.0 Å². The predicted molar refractivity (Wildman–Crippen MR) is 45.4 cm³/mol. The second kappa shape index (κ2) is 3.21. The zero-order valence-electron chi connectivity index (χ0n) is 6.24. The molecule has 1 aromatic heterocycles. The van der Waals surface area contributed by atoms with Crippen molar-refractivity contribution in [1.29, 1.82) is 0 Å². The molecule has 3 N–H and O–H groups in total. The van der Waals surface area contributed by atoms with E-state index in [0.717, 1.165) is 5.00 Å². The van der Waals surface area contributed by atoms with Gasteiger partial charge in [0.15, 0.2) is 0 Å². The molecule has 0 aliphatic heterocycles. The van der Waals surface area contributed by atoms with Gasteiger partial charge in [-0.3, -0.25) is 0 Å². The number of aliphatic hydroxyl groups is 2. The highest BCUT2D eigenvalue weighted by Crippen LogP contribution is 2.19. The molecule has 11 heavy (non-hydrogen) atoms. The number of hydrogen-bond donors (Lipinski definition) is 3. The van der Waals surface area contributed by atoms with Gasteiger partial charge in [-0.2, -0.15) is 0 Å². The largest absolute Gasteiger partial charge is 0.349 e. The van der Waals surface area contributed by atoms with Crippen molar-refractivity contribution in [2.24, 2.45) is 0 Å². The molecule has 0 unspecified atom stereocenters. The molecule has 0 aromatic carbocycles. The Balaban J connectivity index is 2.56. The molecule has 1 heterocycles. The molecule has 3 nitrogen and oxygen atoms in total. The third kappa shape index (κ3) is 2.49. The first kappa shape index (κ1) is 8.52. The van der Waals surface area contributed by atoms with Gasteiger partial charge in [0.05, 0.1) is 5.00 Å². The van der Waals surface area contributed by atoms with Crippen molar-refractivity contribution in [2.45, 2.75) is 19.3 Å². The number of nitrogens with one attached hydrogen (secondary N) is 1. The summed E-state index contributed by atoms with van der Waals surface area (Å²) < 4.78 is 0. The fourth-order valence-electron chi connectivity index (χ4n) is 0.635. The Morgan fingerprint density at radius 3 is 2.82 bits per heavy atom. The first-order chi connectivity index (χ1) is 5.14. The second-order valence-electron chi connectivity index (χ2n) is 2.27. The fourth-order valence-corrected chi connectivity index (χ4v) is 1.32. The minimum atomic E-state index is -1.77. The average Bonchev–Trinajstić information content (AvgIpc) is 2.39. The van der Waals surface area contributed by atoms with Gasteiger partial charge in [0, 0.05) is 6.42 Å². The molecule has 0 radical (unpaired) electrons. The molecule has 0 amide bonds. The molecular formula is C7H11NO2S. The van der Waals surface area contributed by atoms with E-state index >= 15 is 0 Å². The topological polar surface area (TPSA) is 52.5 Å². The third-order valence-electron chi connectivity index (χ3n) is 1.34. The Morgan fingerprint density at radius 2 is 2.36 bits per heavy atom. The minimum Gasteiger partial charge on any atom is -0.349 e. The van der Waals surface area contributed by atoms with Crippen LogP contribution >= 0.6 is 11.3 Å². The second-order valence-corrected chi connectivity index (χ2v) is 3.22. The quantitative estimate of drug-likeness (QED) is 0.602. The first-order valence-electron chi connectivity index (χ1n) is 3.40. The maximum atomic E-state index is 9.15. The summed E-state index contributed by atoms with van der Waals surface area (Å²) >= 11 is 1.43. The zero-order valence-corrected chi connectivity index (χ0v) is 7.06. The lowest BCUT2D eigenvalue weighted by molar-refractivity contribution is -0.136. The number of thiophene rings is 1. The lowest BCUT2D eigenvalue weighted by Crippen LogP contribution is -2.36. The minimum absolute atomic E-state index is 0.255. The van der Waals surface area contributed by atoms with Gasteiger partial charge < -0.3 is 15.5 Å². The lowest BCUT2D eigenvalue weighted by Gasteiger charge is -2.20. The molecule has 4 heteroatoms. The summed E-state index contributed by atoms with van der Waals surface area (Å²) in [5.41, 5.74) is 0. The van der Waals surface area contributed by atoms with E-state index in [1.165, 1.54) is 11.3 Å². The van der Waals surface area contributed by atoms with Gasteiger partial charge in [0.2, 0.25) is 5.91 Å². The molecule has 0 saturated heterocycles. The number of hydrogen-bond acceptors (Lipinski definition) is 4. The van der Waals surface area contributed by atoms with E-state index in [-0.39, 0.29) is 6.42 Å². The van der Waals surface area contributed by atoms with Gasteiger partial charge >= 0.3 is 0 Å². The molecule has 0 saturated carbocycles. The van der Waals surface area contributed by atoms with Crippen molar-refractivity contribution in [1.82, 2.24) is 0 Å². The van der Waals surface area contributed by atoms with Crippen LogP contribution in [0.25, 0.3) is 0 Å². The van der Waals surface area contributed by atoms with Gasteiger partial charge in [0.1, 0.15) is 0 Å². The molecule has 1 rings (SSSR count). The summed E-state index contributed by atoms with van der Waals surface area (Å²) in [6.45, 7) is 1.70. The highest BCUT2D eigenvalue weighted by atomic mass is 32.1. The van der Waals surface area contributed by atoms with Crippen molar-refractivity contribution >= 4 is 16.3 Å². The van der Waals surface area contributed by atoms with Gasteiger partial charge in [0.25, 0.3) is 0 Å². The SMILES string of the molecule is CCC(O)(O)Nc1cccs1. The highest BCUT2D eigenvalue weighted by molar-refractivity contribution is 7.14. The maximum absolute atomic E-state index is 9.15. The molecule has 0 atom stereocenters. The molecule has 0 spiro atoms. The Bertz CT molecular complexity index is 208. The Labute approximate surface area is 69.3 Å².